The quantitative estimate of drug-likeness (QED) is 0.155. The molecule has 7 aromatic rings. The van der Waals surface area contributed by atoms with Gasteiger partial charge in [0.25, 0.3) is 0 Å². The van der Waals surface area contributed by atoms with Crippen LogP contribution in [0.3, 0.4) is 0 Å². The van der Waals surface area contributed by atoms with Crippen LogP contribution in [-0.2, 0) is 5.54 Å². The Labute approximate surface area is 257 Å². The van der Waals surface area contributed by atoms with E-state index in [1.165, 1.54) is 0 Å². The maximum absolute atomic E-state index is 5.97. The molecular formula is C39H31N5. The fourth-order valence-electron chi connectivity index (χ4n) is 5.97. The average molecular weight is 570 g/mol. The van der Waals surface area contributed by atoms with Crippen LogP contribution in [0.25, 0.3) is 33.8 Å². The predicted molar refractivity (Wildman–Crippen MR) is 178 cm³/mol. The summed E-state index contributed by atoms with van der Waals surface area (Å²) in [4.78, 5) is 9.62. The highest BCUT2D eigenvalue weighted by Crippen LogP contribution is 2.43. The summed E-state index contributed by atoms with van der Waals surface area (Å²) >= 11 is 0. The number of aromatic nitrogens is 4. The maximum atomic E-state index is 5.97. The predicted octanol–water partition coefficient (Wildman–Crippen LogP) is 8.40. The zero-order valence-electron chi connectivity index (χ0n) is 24.4. The molecule has 0 amide bonds. The van der Waals surface area contributed by atoms with Gasteiger partial charge in [0.05, 0.1) is 11.4 Å². The fourth-order valence-corrected chi connectivity index (χ4v) is 5.97. The van der Waals surface area contributed by atoms with Crippen molar-refractivity contribution in [2.24, 2.45) is 0 Å². The Hall–Kier alpha value is -5.81. The van der Waals surface area contributed by atoms with Crippen LogP contribution >= 0.6 is 0 Å². The minimum absolute atomic E-state index is 0.720. The molecule has 0 unspecified atom stereocenters. The highest BCUT2D eigenvalue weighted by molar-refractivity contribution is 5.81. The van der Waals surface area contributed by atoms with Crippen LogP contribution < -0.4 is 5.73 Å². The number of nitrogens with two attached hydrogens (primary N) is 1. The first-order valence-electron chi connectivity index (χ1n) is 14.7. The highest BCUT2D eigenvalue weighted by atomic mass is 15.3. The average Bonchev–Trinajstić information content (AvgIpc) is 3.53. The van der Waals surface area contributed by atoms with Crippen LogP contribution in [-0.4, -0.2) is 19.7 Å². The first kappa shape index (κ1) is 27.0. The van der Waals surface area contributed by atoms with Crippen molar-refractivity contribution in [1.29, 1.82) is 0 Å². The minimum atomic E-state index is -0.757. The molecule has 0 spiro atoms. The van der Waals surface area contributed by atoms with Crippen LogP contribution in [0.1, 0.15) is 22.4 Å². The van der Waals surface area contributed by atoms with Gasteiger partial charge >= 0.3 is 0 Å². The van der Waals surface area contributed by atoms with Crippen molar-refractivity contribution < 1.29 is 0 Å². The number of pyridine rings is 2. The SMILES string of the molecule is Cc1cccc(-c2nn(C(c3ccccc3)(c3ccccc3)c3ccccc3)cc2-c2ccnc(-c3ccc(N)cc3)c2)n1. The second-order valence-electron chi connectivity index (χ2n) is 10.9. The van der Waals surface area contributed by atoms with Gasteiger partial charge in [-0.15, -0.1) is 0 Å². The number of hydrogen-bond acceptors (Lipinski definition) is 4. The molecule has 2 N–H and O–H groups in total. The maximum Gasteiger partial charge on any atom is 0.138 e. The Morgan fingerprint density at radius 1 is 0.591 bits per heavy atom. The van der Waals surface area contributed by atoms with Gasteiger partial charge in [-0.05, 0) is 65.6 Å². The monoisotopic (exact) mass is 569 g/mol. The van der Waals surface area contributed by atoms with E-state index in [4.69, 9.17) is 20.8 Å². The molecule has 3 aromatic heterocycles. The number of rotatable bonds is 7. The van der Waals surface area contributed by atoms with E-state index in [9.17, 15) is 0 Å². The van der Waals surface area contributed by atoms with E-state index in [1.54, 1.807) is 0 Å². The molecule has 0 saturated heterocycles. The number of nitrogen functional groups attached to an aromatic ring is 1. The molecular weight excluding hydrogens is 538 g/mol. The molecule has 5 heteroatoms. The van der Waals surface area contributed by atoms with Gasteiger partial charge in [-0.2, -0.15) is 5.10 Å². The van der Waals surface area contributed by atoms with Gasteiger partial charge in [0, 0.05) is 34.9 Å². The second kappa shape index (κ2) is 11.5. The molecule has 0 saturated carbocycles. The lowest BCUT2D eigenvalue weighted by Crippen LogP contribution is -2.38. The Kier molecular flexibility index (Phi) is 7.05. The number of benzene rings is 4. The topological polar surface area (TPSA) is 69.6 Å². The Morgan fingerprint density at radius 2 is 1.18 bits per heavy atom. The first-order chi connectivity index (χ1) is 21.6. The van der Waals surface area contributed by atoms with Gasteiger partial charge in [-0.1, -0.05) is 109 Å². The standard InChI is InChI=1S/C39H31N5/c1-28-12-11-19-36(42-28)38-35(30-24-25-41-37(26-30)29-20-22-34(40)23-21-29)27-44(43-38)39(31-13-5-2-6-14-31,32-15-7-3-8-16-32)33-17-9-4-10-18-33/h2-27H,40H2,1H3. The zero-order valence-corrected chi connectivity index (χ0v) is 24.4. The lowest BCUT2D eigenvalue weighted by atomic mass is 9.77. The van der Waals surface area contributed by atoms with Crippen molar-refractivity contribution >= 4 is 5.69 Å². The van der Waals surface area contributed by atoms with Crippen LogP contribution in [0.15, 0.2) is 158 Å². The molecule has 0 fully saturated rings. The van der Waals surface area contributed by atoms with Crippen molar-refractivity contribution in [2.75, 3.05) is 5.73 Å². The van der Waals surface area contributed by atoms with Crippen molar-refractivity contribution in [3.8, 4) is 33.8 Å². The molecule has 44 heavy (non-hydrogen) atoms. The Bertz CT molecular complexity index is 1920. The summed E-state index contributed by atoms with van der Waals surface area (Å²) < 4.78 is 2.12. The summed E-state index contributed by atoms with van der Waals surface area (Å²) in [6, 6.07) is 49.8. The zero-order chi connectivity index (χ0) is 29.9. The van der Waals surface area contributed by atoms with E-state index < -0.39 is 5.54 Å². The van der Waals surface area contributed by atoms with Crippen molar-refractivity contribution in [3.63, 3.8) is 0 Å². The van der Waals surface area contributed by atoms with Crippen LogP contribution in [0.4, 0.5) is 5.69 Å². The summed E-state index contributed by atoms with van der Waals surface area (Å²) in [6.07, 6.45) is 4.01. The van der Waals surface area contributed by atoms with Gasteiger partial charge in [0.2, 0.25) is 0 Å². The number of nitrogens with zero attached hydrogens (tertiary/aromatic N) is 4. The smallest absolute Gasteiger partial charge is 0.138 e. The minimum Gasteiger partial charge on any atom is -0.399 e. The molecule has 4 aromatic carbocycles. The molecule has 0 radical (unpaired) electrons. The molecule has 212 valence electrons. The molecule has 0 aliphatic rings. The number of aryl methyl sites for hydroxylation is 1. The molecule has 5 nitrogen and oxygen atoms in total. The van der Waals surface area contributed by atoms with Crippen LogP contribution in [0.2, 0.25) is 0 Å². The molecule has 0 aliphatic carbocycles. The van der Waals surface area contributed by atoms with E-state index in [0.29, 0.717) is 0 Å². The van der Waals surface area contributed by atoms with E-state index in [-0.39, 0.29) is 0 Å². The van der Waals surface area contributed by atoms with Crippen molar-refractivity contribution in [1.82, 2.24) is 19.7 Å². The highest BCUT2D eigenvalue weighted by Gasteiger charge is 2.40. The van der Waals surface area contributed by atoms with Gasteiger partial charge in [0.15, 0.2) is 0 Å². The number of hydrogen-bond donors (Lipinski definition) is 1. The molecule has 7 rings (SSSR count). The van der Waals surface area contributed by atoms with Gasteiger partial charge < -0.3 is 5.73 Å². The van der Waals surface area contributed by atoms with Crippen LogP contribution in [0.5, 0.6) is 0 Å². The van der Waals surface area contributed by atoms with Gasteiger partial charge in [0.1, 0.15) is 11.2 Å². The Morgan fingerprint density at radius 3 is 1.75 bits per heavy atom. The molecule has 0 aliphatic heterocycles. The van der Waals surface area contributed by atoms with E-state index in [1.807, 2.05) is 61.7 Å². The third-order valence-electron chi connectivity index (χ3n) is 8.04. The van der Waals surface area contributed by atoms with Gasteiger partial charge in [-0.25, -0.2) is 0 Å². The molecule has 0 bridgehead atoms. The lowest BCUT2D eigenvalue weighted by molar-refractivity contribution is 0.461. The van der Waals surface area contributed by atoms with Crippen molar-refractivity contribution in [3.05, 3.63) is 180 Å². The normalized spacial score (nSPS) is 11.4. The summed E-state index contributed by atoms with van der Waals surface area (Å²) in [7, 11) is 0. The summed E-state index contributed by atoms with van der Waals surface area (Å²) in [5, 5.41) is 5.43. The van der Waals surface area contributed by atoms with E-state index >= 15 is 0 Å². The second-order valence-corrected chi connectivity index (χ2v) is 10.9. The van der Waals surface area contributed by atoms with Crippen LogP contribution in [0, 0.1) is 6.92 Å². The Balaban J connectivity index is 1.54. The van der Waals surface area contributed by atoms with Gasteiger partial charge in [-0.3, -0.25) is 14.6 Å². The molecule has 0 atom stereocenters. The van der Waals surface area contributed by atoms with E-state index in [0.717, 1.165) is 61.8 Å². The summed E-state index contributed by atoms with van der Waals surface area (Å²) in [5.74, 6) is 0. The summed E-state index contributed by atoms with van der Waals surface area (Å²) in [5.41, 5.74) is 15.6. The first-order valence-corrected chi connectivity index (χ1v) is 14.7. The fraction of sp³-hybridized carbons (Fsp3) is 0.0513. The lowest BCUT2D eigenvalue weighted by Gasteiger charge is -2.36. The third-order valence-corrected chi connectivity index (χ3v) is 8.04. The van der Waals surface area contributed by atoms with E-state index in [2.05, 4.69) is 108 Å². The largest absolute Gasteiger partial charge is 0.399 e. The van der Waals surface area contributed by atoms with Crippen molar-refractivity contribution in [2.45, 2.75) is 12.5 Å². The number of anilines is 1. The summed E-state index contributed by atoms with van der Waals surface area (Å²) in [6.45, 7) is 2.01. The molecule has 3 heterocycles. The third kappa shape index (κ3) is 4.84.